The number of hydrogen-bond donors (Lipinski definition) is 1. The Hall–Kier alpha value is -2.01. The highest BCUT2D eigenvalue weighted by molar-refractivity contribution is 5.76. The third-order valence-electron chi connectivity index (χ3n) is 8.34. The first-order valence-corrected chi connectivity index (χ1v) is 12.7. The van der Waals surface area contributed by atoms with E-state index in [1.54, 1.807) is 12.7 Å². The lowest BCUT2D eigenvalue weighted by Gasteiger charge is -2.54. The van der Waals surface area contributed by atoms with Gasteiger partial charge in [0.05, 0.1) is 19.2 Å². The van der Waals surface area contributed by atoms with Crippen molar-refractivity contribution in [1.82, 2.24) is 15.1 Å². The number of fused-ring (bicyclic) bond motifs is 6. The first-order valence-electron chi connectivity index (χ1n) is 12.7. The van der Waals surface area contributed by atoms with E-state index in [1.165, 1.54) is 45.2 Å². The number of likely N-dealkylation sites (tertiary alicyclic amines) is 1. The summed E-state index contributed by atoms with van der Waals surface area (Å²) in [7, 11) is 1.68. The molecule has 2 amide bonds. The molecule has 1 aromatic carbocycles. The largest absolute Gasteiger partial charge is 0.497 e. The topological polar surface area (TPSA) is 44.8 Å². The molecule has 0 spiro atoms. The minimum absolute atomic E-state index is 0.00284. The number of hydrogen-bond acceptors (Lipinski definition) is 3. The van der Waals surface area contributed by atoms with Crippen molar-refractivity contribution in [2.24, 2.45) is 17.8 Å². The van der Waals surface area contributed by atoms with Crippen molar-refractivity contribution in [3.63, 3.8) is 0 Å². The van der Waals surface area contributed by atoms with Gasteiger partial charge in [-0.05, 0) is 74.1 Å². The fraction of sp³-hybridized carbons (Fsp3) is 0.667. The number of piperidine rings is 3. The number of amides is 2. The average molecular weight is 438 g/mol. The maximum absolute atomic E-state index is 13.7. The number of benzene rings is 1. The van der Waals surface area contributed by atoms with Crippen LogP contribution in [0.4, 0.5) is 4.79 Å². The Morgan fingerprint density at radius 1 is 1.12 bits per heavy atom. The summed E-state index contributed by atoms with van der Waals surface area (Å²) in [6, 6.07) is 9.26. The molecule has 2 bridgehead atoms. The summed E-state index contributed by atoms with van der Waals surface area (Å²) >= 11 is 0. The third kappa shape index (κ3) is 4.05. The van der Waals surface area contributed by atoms with Crippen molar-refractivity contribution in [2.75, 3.05) is 26.7 Å². The van der Waals surface area contributed by atoms with Gasteiger partial charge in [-0.1, -0.05) is 44.1 Å². The van der Waals surface area contributed by atoms with Crippen LogP contribution in [-0.2, 0) is 0 Å². The van der Waals surface area contributed by atoms with Crippen LogP contribution in [0, 0.1) is 17.8 Å². The van der Waals surface area contributed by atoms with Gasteiger partial charge in [0.25, 0.3) is 0 Å². The molecule has 0 radical (unpaired) electrons. The Labute approximate surface area is 193 Å². The third-order valence-corrected chi connectivity index (χ3v) is 8.34. The van der Waals surface area contributed by atoms with E-state index in [9.17, 15) is 4.79 Å². The van der Waals surface area contributed by atoms with Gasteiger partial charge >= 0.3 is 6.03 Å². The molecule has 3 unspecified atom stereocenters. The lowest BCUT2D eigenvalue weighted by molar-refractivity contribution is 0.00753. The van der Waals surface area contributed by atoms with Crippen LogP contribution in [0.25, 0.3) is 0 Å². The van der Waals surface area contributed by atoms with Crippen LogP contribution >= 0.6 is 0 Å². The minimum atomic E-state index is -0.00284. The molecular formula is C27H39N3O2. The Balaban J connectivity index is 1.35. The van der Waals surface area contributed by atoms with Crippen LogP contribution in [0.1, 0.15) is 64.0 Å². The molecule has 3 saturated heterocycles. The Morgan fingerprint density at radius 2 is 1.94 bits per heavy atom. The normalized spacial score (nSPS) is 30.8. The van der Waals surface area contributed by atoms with Gasteiger partial charge in [-0.2, -0.15) is 0 Å². The fourth-order valence-corrected chi connectivity index (χ4v) is 6.86. The second-order valence-electron chi connectivity index (χ2n) is 10.6. The number of carbonyl (C=O) groups excluding carboxylic acids is 1. The van der Waals surface area contributed by atoms with Crippen LogP contribution < -0.4 is 10.1 Å². The predicted molar refractivity (Wildman–Crippen MR) is 128 cm³/mol. The molecule has 4 aliphatic rings. The van der Waals surface area contributed by atoms with Crippen molar-refractivity contribution < 1.29 is 9.53 Å². The van der Waals surface area contributed by atoms with Crippen LogP contribution in [0.3, 0.4) is 0 Å². The Morgan fingerprint density at radius 3 is 2.69 bits per heavy atom. The summed E-state index contributed by atoms with van der Waals surface area (Å²) in [5, 5.41) is 3.41. The highest BCUT2D eigenvalue weighted by Crippen LogP contribution is 2.45. The molecule has 1 aromatic rings. The first-order chi connectivity index (χ1) is 15.5. The molecule has 32 heavy (non-hydrogen) atoms. The van der Waals surface area contributed by atoms with E-state index in [0.717, 1.165) is 30.3 Å². The van der Waals surface area contributed by atoms with E-state index in [1.807, 2.05) is 12.1 Å². The monoisotopic (exact) mass is 437 g/mol. The van der Waals surface area contributed by atoms with Gasteiger partial charge in [-0.15, -0.1) is 0 Å². The lowest BCUT2D eigenvalue weighted by Crippen LogP contribution is -2.61. The van der Waals surface area contributed by atoms with Crippen molar-refractivity contribution in [1.29, 1.82) is 0 Å². The maximum Gasteiger partial charge on any atom is 0.318 e. The molecule has 3 heterocycles. The number of urea groups is 1. The molecule has 5 rings (SSSR count). The summed E-state index contributed by atoms with van der Waals surface area (Å²) in [4.78, 5) is 18.6. The molecule has 1 N–H and O–H groups in total. The summed E-state index contributed by atoms with van der Waals surface area (Å²) in [5.41, 5.74) is 2.68. The number of carbonyl (C=O) groups is 1. The van der Waals surface area contributed by atoms with E-state index in [2.05, 4.69) is 47.2 Å². The maximum atomic E-state index is 13.7. The standard InChI is InChI=1S/C27H39N3O2/c1-18(2)25(19-9-11-23(32-3)12-10-19)28-27(31)30-14-6-7-20-15-21-16-22(26(20)30)17-29-13-5-4-8-24(21)29/h9-12,15,18,21-22,24-26H,4-8,13-14,16-17H2,1-3H3,(H,28,31)/t21?,22?,24-,25?,26-/m0/s1. The molecule has 3 aliphatic heterocycles. The molecule has 174 valence electrons. The first kappa shape index (κ1) is 21.8. The summed E-state index contributed by atoms with van der Waals surface area (Å²) in [5.74, 6) is 2.44. The van der Waals surface area contributed by atoms with Crippen LogP contribution in [0.2, 0.25) is 0 Å². The minimum Gasteiger partial charge on any atom is -0.497 e. The van der Waals surface area contributed by atoms with Crippen molar-refractivity contribution in [2.45, 2.75) is 70.5 Å². The van der Waals surface area contributed by atoms with Crippen molar-refractivity contribution in [3.8, 4) is 5.75 Å². The highest BCUT2D eigenvalue weighted by Gasteiger charge is 2.47. The molecule has 0 aromatic heterocycles. The fourth-order valence-electron chi connectivity index (χ4n) is 6.86. The van der Waals surface area contributed by atoms with E-state index < -0.39 is 0 Å². The van der Waals surface area contributed by atoms with Gasteiger partial charge in [-0.3, -0.25) is 4.90 Å². The van der Waals surface area contributed by atoms with E-state index in [-0.39, 0.29) is 18.1 Å². The van der Waals surface area contributed by atoms with E-state index in [0.29, 0.717) is 17.8 Å². The smallest absolute Gasteiger partial charge is 0.318 e. The average Bonchev–Trinajstić information content (AvgIpc) is 2.82. The van der Waals surface area contributed by atoms with Gasteiger partial charge in [0.2, 0.25) is 0 Å². The summed E-state index contributed by atoms with van der Waals surface area (Å²) in [6.45, 7) is 7.64. The molecule has 5 atom stereocenters. The zero-order valence-corrected chi connectivity index (χ0v) is 19.9. The quantitative estimate of drug-likeness (QED) is 0.675. The number of nitrogens with one attached hydrogen (secondary N) is 1. The van der Waals surface area contributed by atoms with Gasteiger partial charge in [0, 0.05) is 19.1 Å². The molecule has 0 saturated carbocycles. The molecule has 3 fully saturated rings. The molecule has 5 nitrogen and oxygen atoms in total. The number of rotatable bonds is 4. The Bertz CT molecular complexity index is 849. The molecule has 1 aliphatic carbocycles. The van der Waals surface area contributed by atoms with Gasteiger partial charge in [0.1, 0.15) is 5.75 Å². The highest BCUT2D eigenvalue weighted by atomic mass is 16.5. The van der Waals surface area contributed by atoms with Crippen LogP contribution in [0.15, 0.2) is 35.9 Å². The van der Waals surface area contributed by atoms with E-state index >= 15 is 0 Å². The lowest BCUT2D eigenvalue weighted by atomic mass is 9.68. The zero-order chi connectivity index (χ0) is 22.2. The van der Waals surface area contributed by atoms with Gasteiger partial charge in [-0.25, -0.2) is 4.79 Å². The molecule has 5 heteroatoms. The summed E-state index contributed by atoms with van der Waals surface area (Å²) in [6.07, 6.45) is 10.2. The second kappa shape index (κ2) is 9.09. The number of nitrogens with zero attached hydrogens (tertiary/aromatic N) is 2. The van der Waals surface area contributed by atoms with Crippen molar-refractivity contribution in [3.05, 3.63) is 41.5 Å². The van der Waals surface area contributed by atoms with Crippen molar-refractivity contribution >= 4 is 6.03 Å². The van der Waals surface area contributed by atoms with Crippen LogP contribution in [0.5, 0.6) is 5.75 Å². The van der Waals surface area contributed by atoms with Crippen LogP contribution in [-0.4, -0.2) is 54.7 Å². The predicted octanol–water partition coefficient (Wildman–Crippen LogP) is 5.00. The SMILES string of the molecule is COc1ccc(C(NC(=O)N2CCCC3=CC4CC(CN5CCCC[C@@H]45)[C@H]32)C(C)C)cc1. The molecular weight excluding hydrogens is 398 g/mol. The summed E-state index contributed by atoms with van der Waals surface area (Å²) < 4.78 is 5.32. The number of ether oxygens (including phenoxy) is 1. The zero-order valence-electron chi connectivity index (χ0n) is 19.9. The second-order valence-corrected chi connectivity index (χ2v) is 10.6. The number of methoxy groups -OCH3 is 1. The van der Waals surface area contributed by atoms with Gasteiger partial charge in [0.15, 0.2) is 0 Å². The Kier molecular flexibility index (Phi) is 6.20. The van der Waals surface area contributed by atoms with Gasteiger partial charge < -0.3 is 15.0 Å². The van der Waals surface area contributed by atoms with E-state index in [4.69, 9.17) is 4.74 Å².